The molecule has 0 fully saturated rings. The van der Waals surface area contributed by atoms with Gasteiger partial charge in [0.1, 0.15) is 22.8 Å². The van der Waals surface area contributed by atoms with E-state index in [9.17, 15) is 18.3 Å². The fourth-order valence-electron chi connectivity index (χ4n) is 2.71. The van der Waals surface area contributed by atoms with E-state index in [0.717, 1.165) is 0 Å². The van der Waals surface area contributed by atoms with Crippen LogP contribution in [0.1, 0.15) is 5.69 Å². The minimum absolute atomic E-state index is 0.00710. The van der Waals surface area contributed by atoms with Crippen LogP contribution in [0, 0.1) is 0 Å². The Hall–Kier alpha value is -3.46. The molecule has 8 nitrogen and oxygen atoms in total. The first-order chi connectivity index (χ1) is 12.9. The first-order valence-electron chi connectivity index (χ1n) is 7.78. The zero-order valence-electron chi connectivity index (χ0n) is 13.7. The molecule has 4 aromatic rings. The van der Waals surface area contributed by atoms with E-state index in [0.29, 0.717) is 10.8 Å². The number of hydrogen-bond donors (Lipinski definition) is 1. The molecule has 0 spiro atoms. The Kier molecular flexibility index (Phi) is 4.00. The van der Waals surface area contributed by atoms with Crippen molar-refractivity contribution in [3.8, 4) is 11.5 Å². The van der Waals surface area contributed by atoms with Crippen molar-refractivity contribution in [3.05, 3.63) is 71.1 Å². The van der Waals surface area contributed by atoms with E-state index < -0.39 is 21.5 Å². The average molecular weight is 384 g/mol. The van der Waals surface area contributed by atoms with Crippen molar-refractivity contribution < 1.29 is 22.1 Å². The average Bonchev–Trinajstić information content (AvgIpc) is 2.62. The lowest BCUT2D eigenvalue weighted by Gasteiger charge is -2.08. The smallest absolute Gasteiger partial charge is 0.344 e. The maximum atomic E-state index is 12.2. The van der Waals surface area contributed by atoms with Gasteiger partial charge in [0.25, 0.3) is 0 Å². The van der Waals surface area contributed by atoms with Gasteiger partial charge in [0, 0.05) is 35.4 Å². The van der Waals surface area contributed by atoms with Crippen molar-refractivity contribution >= 4 is 31.9 Å². The highest BCUT2D eigenvalue weighted by atomic mass is 32.2. The minimum Gasteiger partial charge on any atom is -0.508 e. The van der Waals surface area contributed by atoms with Crippen LogP contribution in [0.5, 0.6) is 11.5 Å². The molecule has 9 heteroatoms. The van der Waals surface area contributed by atoms with Gasteiger partial charge in [-0.25, -0.2) is 4.79 Å². The molecule has 0 unspecified atom stereocenters. The highest BCUT2D eigenvalue weighted by Crippen LogP contribution is 2.28. The molecule has 27 heavy (non-hydrogen) atoms. The Morgan fingerprint density at radius 3 is 2.63 bits per heavy atom. The molecular weight excluding hydrogens is 372 g/mol. The van der Waals surface area contributed by atoms with Gasteiger partial charge >= 0.3 is 15.7 Å². The number of rotatable bonds is 4. The van der Waals surface area contributed by atoms with Gasteiger partial charge in [-0.2, -0.15) is 8.42 Å². The van der Waals surface area contributed by atoms with Crippen LogP contribution < -0.4 is 9.81 Å². The molecule has 0 aliphatic carbocycles. The molecule has 0 saturated carbocycles. The summed E-state index contributed by atoms with van der Waals surface area (Å²) in [6.45, 7) is 0. The molecule has 2 heterocycles. The second-order valence-electron chi connectivity index (χ2n) is 5.76. The molecule has 4 rings (SSSR count). The van der Waals surface area contributed by atoms with Crippen LogP contribution in [-0.4, -0.2) is 23.5 Å². The lowest BCUT2D eigenvalue weighted by molar-refractivity contribution is 0.475. The summed E-state index contributed by atoms with van der Waals surface area (Å²) in [4.78, 5) is 19.8. The van der Waals surface area contributed by atoms with Crippen LogP contribution in [0.25, 0.3) is 21.7 Å². The standard InChI is InChI=1S/C18H12N2O6S/c21-12-1-3-14-15-4-2-13(8-17(15)25-18(22)16(14)7-12)26-27(23,24)10-11-9-19-5-6-20-11/h1-9,21H,10H2. The van der Waals surface area contributed by atoms with Gasteiger partial charge in [-0.15, -0.1) is 0 Å². The number of phenolic OH excluding ortho intramolecular Hbond substituents is 1. The first-order valence-corrected chi connectivity index (χ1v) is 9.36. The maximum absolute atomic E-state index is 12.2. The molecule has 2 aromatic carbocycles. The van der Waals surface area contributed by atoms with Gasteiger partial charge in [0.15, 0.2) is 0 Å². The molecule has 0 bridgehead atoms. The van der Waals surface area contributed by atoms with Crippen molar-refractivity contribution in [3.63, 3.8) is 0 Å². The molecule has 136 valence electrons. The number of aromatic hydroxyl groups is 1. The van der Waals surface area contributed by atoms with E-state index in [-0.39, 0.29) is 28.2 Å². The summed E-state index contributed by atoms with van der Waals surface area (Å²) in [5.41, 5.74) is -0.228. The van der Waals surface area contributed by atoms with Crippen LogP contribution >= 0.6 is 0 Å². The summed E-state index contributed by atoms with van der Waals surface area (Å²) in [6, 6.07) is 8.74. The lowest BCUT2D eigenvalue weighted by atomic mass is 10.1. The van der Waals surface area contributed by atoms with Crippen LogP contribution in [0.2, 0.25) is 0 Å². The summed E-state index contributed by atoms with van der Waals surface area (Å²) in [5, 5.41) is 10.9. The Morgan fingerprint density at radius 1 is 1.04 bits per heavy atom. The van der Waals surface area contributed by atoms with E-state index in [2.05, 4.69) is 9.97 Å². The number of fused-ring (bicyclic) bond motifs is 3. The molecule has 2 aromatic heterocycles. The fraction of sp³-hybridized carbons (Fsp3) is 0.0556. The van der Waals surface area contributed by atoms with Gasteiger partial charge in [0.05, 0.1) is 11.1 Å². The van der Waals surface area contributed by atoms with Crippen molar-refractivity contribution in [1.29, 1.82) is 0 Å². The highest BCUT2D eigenvalue weighted by Gasteiger charge is 2.17. The minimum atomic E-state index is -3.97. The Balaban J connectivity index is 1.72. The number of phenols is 1. The molecule has 0 atom stereocenters. The van der Waals surface area contributed by atoms with Crippen LogP contribution in [0.15, 0.2) is 64.2 Å². The number of benzene rings is 2. The van der Waals surface area contributed by atoms with E-state index >= 15 is 0 Å². The molecule has 0 radical (unpaired) electrons. The van der Waals surface area contributed by atoms with E-state index in [1.165, 1.54) is 42.9 Å². The molecular formula is C18H12N2O6S. The predicted molar refractivity (Wildman–Crippen MR) is 96.9 cm³/mol. The SMILES string of the molecule is O=c1oc2cc(OS(=O)(=O)Cc3cnccn3)ccc2c2ccc(O)cc12. The zero-order valence-corrected chi connectivity index (χ0v) is 14.5. The normalized spacial score (nSPS) is 11.7. The second kappa shape index (κ2) is 6.36. The Bertz CT molecular complexity index is 1320. The quantitative estimate of drug-likeness (QED) is 0.323. The molecule has 0 aliphatic heterocycles. The third-order valence-electron chi connectivity index (χ3n) is 3.83. The zero-order chi connectivity index (χ0) is 19.0. The Morgan fingerprint density at radius 2 is 1.85 bits per heavy atom. The fourth-order valence-corrected chi connectivity index (χ4v) is 3.68. The summed E-state index contributed by atoms with van der Waals surface area (Å²) < 4.78 is 34.8. The summed E-state index contributed by atoms with van der Waals surface area (Å²) in [5.74, 6) is -0.489. The van der Waals surface area contributed by atoms with Crippen LogP contribution in [-0.2, 0) is 15.9 Å². The summed E-state index contributed by atoms with van der Waals surface area (Å²) in [7, 11) is -3.97. The van der Waals surface area contributed by atoms with Crippen molar-refractivity contribution in [2.45, 2.75) is 5.75 Å². The second-order valence-corrected chi connectivity index (χ2v) is 7.33. The molecule has 0 aliphatic rings. The lowest BCUT2D eigenvalue weighted by Crippen LogP contribution is -2.13. The van der Waals surface area contributed by atoms with Crippen LogP contribution in [0.4, 0.5) is 0 Å². The van der Waals surface area contributed by atoms with E-state index in [1.54, 1.807) is 12.1 Å². The van der Waals surface area contributed by atoms with Gasteiger partial charge in [-0.05, 0) is 30.3 Å². The third-order valence-corrected chi connectivity index (χ3v) is 4.93. The number of aromatic nitrogens is 2. The topological polar surface area (TPSA) is 120 Å². The molecule has 0 saturated heterocycles. The van der Waals surface area contributed by atoms with Gasteiger partial charge in [-0.1, -0.05) is 0 Å². The summed E-state index contributed by atoms with van der Waals surface area (Å²) >= 11 is 0. The molecule has 1 N–H and O–H groups in total. The van der Waals surface area contributed by atoms with E-state index in [1.807, 2.05) is 0 Å². The number of hydrogen-bond acceptors (Lipinski definition) is 8. The molecule has 0 amide bonds. The highest BCUT2D eigenvalue weighted by molar-refractivity contribution is 7.86. The van der Waals surface area contributed by atoms with E-state index in [4.69, 9.17) is 8.60 Å². The monoisotopic (exact) mass is 384 g/mol. The first kappa shape index (κ1) is 17.0. The third kappa shape index (κ3) is 3.44. The van der Waals surface area contributed by atoms with Crippen molar-refractivity contribution in [2.75, 3.05) is 0 Å². The van der Waals surface area contributed by atoms with Crippen molar-refractivity contribution in [1.82, 2.24) is 9.97 Å². The van der Waals surface area contributed by atoms with Gasteiger partial charge in [0.2, 0.25) is 0 Å². The summed E-state index contributed by atoms with van der Waals surface area (Å²) in [6.07, 6.45) is 4.16. The number of nitrogens with zero attached hydrogens (tertiary/aromatic N) is 2. The van der Waals surface area contributed by atoms with Gasteiger partial charge in [-0.3, -0.25) is 9.97 Å². The van der Waals surface area contributed by atoms with Gasteiger partial charge < -0.3 is 13.7 Å². The van der Waals surface area contributed by atoms with Crippen LogP contribution in [0.3, 0.4) is 0 Å². The Labute approximate surface area is 152 Å². The predicted octanol–water partition coefficient (Wildman–Crippen LogP) is 2.35. The maximum Gasteiger partial charge on any atom is 0.344 e. The van der Waals surface area contributed by atoms with Crippen molar-refractivity contribution in [2.24, 2.45) is 0 Å². The largest absolute Gasteiger partial charge is 0.508 e.